The third-order valence-electron chi connectivity index (χ3n) is 6.58. The van der Waals surface area contributed by atoms with Crippen LogP contribution in [0.3, 0.4) is 0 Å². The Morgan fingerprint density at radius 2 is 1.88 bits per heavy atom. The maximum Gasteiger partial charge on any atom is 0.276 e. The maximum absolute atomic E-state index is 13.6. The van der Waals surface area contributed by atoms with E-state index in [1.165, 1.54) is 4.68 Å². The Kier molecular flexibility index (Phi) is 6.00. The first-order valence-corrected chi connectivity index (χ1v) is 12.4. The summed E-state index contributed by atoms with van der Waals surface area (Å²) in [5, 5.41) is 6.21. The van der Waals surface area contributed by atoms with Gasteiger partial charge in [-0.1, -0.05) is 31.2 Å². The number of ether oxygens (including phenoxy) is 1. The second-order valence-corrected chi connectivity index (χ2v) is 9.63. The van der Waals surface area contributed by atoms with Gasteiger partial charge in [-0.15, -0.1) is 11.3 Å². The maximum atomic E-state index is 13.6. The number of amides is 1. The number of anilines is 1. The van der Waals surface area contributed by atoms with Crippen LogP contribution in [0, 0.1) is 6.92 Å². The Morgan fingerprint density at radius 1 is 1.12 bits per heavy atom. The number of piperazine rings is 1. The van der Waals surface area contributed by atoms with Crippen molar-refractivity contribution in [3.8, 4) is 5.75 Å². The zero-order valence-corrected chi connectivity index (χ0v) is 20.5. The third-order valence-corrected chi connectivity index (χ3v) is 7.86. The number of benzene rings is 2. The van der Waals surface area contributed by atoms with E-state index < -0.39 is 6.04 Å². The fourth-order valence-corrected chi connectivity index (χ4v) is 5.88. The molecule has 0 aliphatic carbocycles. The predicted molar refractivity (Wildman–Crippen MR) is 137 cm³/mol. The molecule has 3 heterocycles. The minimum Gasteiger partial charge on any atom is -0.497 e. The van der Waals surface area contributed by atoms with Gasteiger partial charge < -0.3 is 14.5 Å². The van der Waals surface area contributed by atoms with Gasteiger partial charge in [0.25, 0.3) is 5.56 Å². The van der Waals surface area contributed by atoms with E-state index in [9.17, 15) is 9.59 Å². The summed E-state index contributed by atoms with van der Waals surface area (Å²) in [4.78, 5) is 31.2. The van der Waals surface area contributed by atoms with Crippen molar-refractivity contribution in [1.82, 2.24) is 14.7 Å². The molecule has 2 aromatic carbocycles. The summed E-state index contributed by atoms with van der Waals surface area (Å²) in [6.45, 7) is 6.51. The number of carbonyl (C=O) groups excluding carboxylic acids is 1. The van der Waals surface area contributed by atoms with Crippen LogP contribution in [0.25, 0.3) is 20.2 Å². The fraction of sp³-hybridized carbons (Fsp3) is 0.346. The van der Waals surface area contributed by atoms with Gasteiger partial charge in [-0.05, 0) is 31.5 Å². The van der Waals surface area contributed by atoms with E-state index in [4.69, 9.17) is 4.74 Å². The largest absolute Gasteiger partial charge is 0.497 e. The number of aromatic nitrogens is 2. The molecule has 0 spiro atoms. The van der Waals surface area contributed by atoms with E-state index >= 15 is 0 Å². The highest BCUT2D eigenvalue weighted by Gasteiger charge is 2.30. The minimum atomic E-state index is -0.613. The lowest BCUT2D eigenvalue weighted by Gasteiger charge is -2.37. The van der Waals surface area contributed by atoms with Crippen molar-refractivity contribution < 1.29 is 9.53 Å². The van der Waals surface area contributed by atoms with E-state index in [0.717, 1.165) is 45.0 Å². The Bertz CT molecular complexity index is 1420. The number of methoxy groups -OCH3 is 1. The van der Waals surface area contributed by atoms with Crippen LogP contribution in [0.1, 0.15) is 25.1 Å². The molecule has 4 aromatic rings. The molecule has 2 aromatic heterocycles. The normalized spacial score (nSPS) is 15.1. The quantitative estimate of drug-likeness (QED) is 0.431. The first-order valence-electron chi connectivity index (χ1n) is 11.6. The highest BCUT2D eigenvalue weighted by atomic mass is 32.1. The second kappa shape index (κ2) is 9.10. The molecular weight excluding hydrogens is 448 g/mol. The van der Waals surface area contributed by atoms with Crippen LogP contribution < -0.4 is 15.2 Å². The minimum absolute atomic E-state index is 0.0410. The Labute approximate surface area is 202 Å². The number of aryl methyl sites for hydroxylation is 1. The molecule has 0 radical (unpaired) electrons. The third kappa shape index (κ3) is 3.81. The molecule has 8 heteroatoms. The van der Waals surface area contributed by atoms with Crippen LogP contribution in [-0.2, 0) is 4.79 Å². The van der Waals surface area contributed by atoms with Crippen molar-refractivity contribution in [3.63, 3.8) is 0 Å². The fourth-order valence-electron chi connectivity index (χ4n) is 4.75. The van der Waals surface area contributed by atoms with Crippen molar-refractivity contribution in [1.29, 1.82) is 0 Å². The number of fused-ring (bicyclic) bond motifs is 3. The molecule has 0 N–H and O–H groups in total. The number of hydrogen-bond acceptors (Lipinski definition) is 6. The number of carbonyl (C=O) groups is 1. The first kappa shape index (κ1) is 22.4. The molecule has 0 bridgehead atoms. The van der Waals surface area contributed by atoms with E-state index in [2.05, 4.69) is 16.1 Å². The highest BCUT2D eigenvalue weighted by molar-refractivity contribution is 7.26. The molecule has 1 aliphatic rings. The van der Waals surface area contributed by atoms with Crippen LogP contribution in [0.2, 0.25) is 0 Å². The summed E-state index contributed by atoms with van der Waals surface area (Å²) in [5.41, 5.74) is 1.68. The van der Waals surface area contributed by atoms with Crippen LogP contribution in [0.4, 0.5) is 5.69 Å². The lowest BCUT2D eigenvalue weighted by Crippen LogP contribution is -2.51. The van der Waals surface area contributed by atoms with Crippen LogP contribution >= 0.6 is 11.3 Å². The van der Waals surface area contributed by atoms with Gasteiger partial charge in [-0.2, -0.15) is 5.10 Å². The molecule has 7 nitrogen and oxygen atoms in total. The molecule has 1 atom stereocenters. The van der Waals surface area contributed by atoms with Crippen LogP contribution in [0.5, 0.6) is 5.75 Å². The summed E-state index contributed by atoms with van der Waals surface area (Å²) in [6, 6.07) is 15.3. The van der Waals surface area contributed by atoms with Gasteiger partial charge in [0, 0.05) is 48.0 Å². The molecule has 1 amide bonds. The van der Waals surface area contributed by atoms with Crippen LogP contribution in [0.15, 0.2) is 53.3 Å². The van der Waals surface area contributed by atoms with E-state index in [-0.39, 0.29) is 11.5 Å². The van der Waals surface area contributed by atoms with Gasteiger partial charge in [0.15, 0.2) is 0 Å². The average Bonchev–Trinajstić information content (AvgIpc) is 3.28. The number of thiophene rings is 1. The topological polar surface area (TPSA) is 67.7 Å². The van der Waals surface area contributed by atoms with E-state index in [1.54, 1.807) is 18.4 Å². The van der Waals surface area contributed by atoms with Crippen molar-refractivity contribution in [2.75, 3.05) is 38.2 Å². The summed E-state index contributed by atoms with van der Waals surface area (Å²) >= 11 is 1.58. The van der Waals surface area contributed by atoms with Gasteiger partial charge >= 0.3 is 0 Å². The highest BCUT2D eigenvalue weighted by Crippen LogP contribution is 2.33. The van der Waals surface area contributed by atoms with Crippen molar-refractivity contribution in [3.05, 3.63) is 64.6 Å². The average molecular weight is 477 g/mol. The summed E-state index contributed by atoms with van der Waals surface area (Å²) in [7, 11) is 1.66. The van der Waals surface area contributed by atoms with E-state index in [1.807, 2.05) is 61.2 Å². The Morgan fingerprint density at radius 3 is 2.62 bits per heavy atom. The first-order chi connectivity index (χ1) is 16.5. The summed E-state index contributed by atoms with van der Waals surface area (Å²) in [5.74, 6) is 0.778. The zero-order valence-electron chi connectivity index (χ0n) is 19.7. The monoisotopic (exact) mass is 476 g/mol. The van der Waals surface area contributed by atoms with Gasteiger partial charge in [-0.25, -0.2) is 4.68 Å². The predicted octanol–water partition coefficient (Wildman–Crippen LogP) is 4.23. The Balaban J connectivity index is 1.41. The molecule has 1 saturated heterocycles. The van der Waals surface area contributed by atoms with Crippen molar-refractivity contribution >= 4 is 43.1 Å². The molecule has 0 saturated carbocycles. The van der Waals surface area contributed by atoms with Gasteiger partial charge in [0.2, 0.25) is 5.91 Å². The van der Waals surface area contributed by atoms with E-state index in [0.29, 0.717) is 24.9 Å². The Hall–Kier alpha value is -3.39. The second-order valence-electron chi connectivity index (χ2n) is 8.58. The molecule has 176 valence electrons. The molecule has 1 fully saturated rings. The number of nitrogens with zero attached hydrogens (tertiary/aromatic N) is 4. The van der Waals surface area contributed by atoms with Gasteiger partial charge in [-0.3, -0.25) is 9.59 Å². The molecule has 1 unspecified atom stereocenters. The summed E-state index contributed by atoms with van der Waals surface area (Å²) in [6.07, 6.45) is 0.509. The van der Waals surface area contributed by atoms with Crippen molar-refractivity contribution in [2.45, 2.75) is 26.3 Å². The molecule has 1 aliphatic heterocycles. The standard InChI is InChI=1S/C26H28N4O3S/c1-4-21(25(31)29-14-12-28(13-15-29)18-8-7-9-19(16-18)33-3)30-26(32)23-20-10-5-6-11-22(20)34-24(23)17(2)27-30/h5-11,16,21H,4,12-15H2,1-3H3. The van der Waals surface area contributed by atoms with Crippen LogP contribution in [-0.4, -0.2) is 53.9 Å². The zero-order chi connectivity index (χ0) is 23.8. The molecule has 5 rings (SSSR count). The molecule has 34 heavy (non-hydrogen) atoms. The smallest absolute Gasteiger partial charge is 0.276 e. The summed E-state index contributed by atoms with van der Waals surface area (Å²) < 4.78 is 8.73. The molecular formula is C26H28N4O3S. The number of hydrogen-bond donors (Lipinski definition) is 0. The van der Waals surface area contributed by atoms with Gasteiger partial charge in [0.05, 0.1) is 22.9 Å². The lowest BCUT2D eigenvalue weighted by molar-refractivity contribution is -0.135. The van der Waals surface area contributed by atoms with Gasteiger partial charge in [0.1, 0.15) is 11.8 Å². The number of rotatable bonds is 5. The lowest BCUT2D eigenvalue weighted by atomic mass is 10.1. The SMILES string of the molecule is CCC(C(=O)N1CCN(c2cccc(OC)c2)CC1)n1nc(C)c2sc3ccccc3c2c1=O. The van der Waals surface area contributed by atoms with Crippen molar-refractivity contribution in [2.24, 2.45) is 0 Å².